The van der Waals surface area contributed by atoms with Gasteiger partial charge in [0.2, 0.25) is 0 Å². The van der Waals surface area contributed by atoms with Gasteiger partial charge in [0.15, 0.2) is 11.5 Å². The molecular weight excluding hydrogens is 384 g/mol. The second kappa shape index (κ2) is 8.79. The molecule has 2 rings (SSSR count). The first-order valence-electron chi connectivity index (χ1n) is 6.98. The third kappa shape index (κ3) is 5.15. The van der Waals surface area contributed by atoms with Crippen LogP contribution >= 0.6 is 27.5 Å². The van der Waals surface area contributed by atoms with Crippen molar-refractivity contribution in [1.82, 2.24) is 0 Å². The summed E-state index contributed by atoms with van der Waals surface area (Å²) in [5.74, 6) is 1.88. The molecule has 0 fully saturated rings. The Hall–Kier alpha value is -1.72. The van der Waals surface area contributed by atoms with E-state index in [0.29, 0.717) is 41.7 Å². The number of carbonyl (C=O) groups is 1. The number of halogens is 2. The molecule has 23 heavy (non-hydrogen) atoms. The van der Waals surface area contributed by atoms with E-state index < -0.39 is 0 Å². The maximum atomic E-state index is 10.7. The maximum absolute atomic E-state index is 10.7. The number of hydrogen-bond acceptors (Lipinski definition) is 4. The zero-order valence-corrected chi connectivity index (χ0v) is 14.9. The molecule has 0 atom stereocenters. The average Bonchev–Trinajstić information content (AvgIpc) is 2.56. The summed E-state index contributed by atoms with van der Waals surface area (Å²) in [5.41, 5.74) is 0.546. The van der Waals surface area contributed by atoms with Gasteiger partial charge in [-0.3, -0.25) is 4.79 Å². The summed E-state index contributed by atoms with van der Waals surface area (Å²) >= 11 is 9.28. The molecule has 4 nitrogen and oxygen atoms in total. The molecule has 2 aromatic rings. The van der Waals surface area contributed by atoms with Crippen molar-refractivity contribution in [2.45, 2.75) is 6.42 Å². The van der Waals surface area contributed by atoms with Gasteiger partial charge < -0.3 is 14.2 Å². The lowest BCUT2D eigenvalue weighted by molar-refractivity contribution is 0.112. The molecule has 0 heterocycles. The summed E-state index contributed by atoms with van der Waals surface area (Å²) in [4.78, 5) is 10.7. The molecule has 122 valence electrons. The van der Waals surface area contributed by atoms with Crippen LogP contribution in [0.15, 0.2) is 40.9 Å². The Kier molecular flexibility index (Phi) is 6.74. The van der Waals surface area contributed by atoms with E-state index in [2.05, 4.69) is 15.9 Å². The van der Waals surface area contributed by atoms with E-state index in [-0.39, 0.29) is 0 Å². The highest BCUT2D eigenvalue weighted by Crippen LogP contribution is 2.29. The molecule has 0 bridgehead atoms. The van der Waals surface area contributed by atoms with Crippen LogP contribution in [0.1, 0.15) is 16.8 Å². The lowest BCUT2D eigenvalue weighted by atomic mass is 10.2. The van der Waals surface area contributed by atoms with Crippen molar-refractivity contribution < 1.29 is 19.0 Å². The smallest absolute Gasteiger partial charge is 0.161 e. The molecule has 0 radical (unpaired) electrons. The van der Waals surface area contributed by atoms with Gasteiger partial charge in [0.05, 0.1) is 24.8 Å². The SMILES string of the molecule is COc1cc(C=O)ccc1OCCCOc1ccc(Cl)cc1Br. The van der Waals surface area contributed by atoms with Gasteiger partial charge in [0.25, 0.3) is 0 Å². The summed E-state index contributed by atoms with van der Waals surface area (Å²) in [6, 6.07) is 10.4. The van der Waals surface area contributed by atoms with E-state index in [1.54, 1.807) is 30.3 Å². The maximum Gasteiger partial charge on any atom is 0.161 e. The lowest BCUT2D eigenvalue weighted by Crippen LogP contribution is -2.06. The Morgan fingerprint density at radius 2 is 1.74 bits per heavy atom. The van der Waals surface area contributed by atoms with Crippen LogP contribution in [-0.2, 0) is 0 Å². The van der Waals surface area contributed by atoms with Gasteiger partial charge in [-0.1, -0.05) is 11.6 Å². The van der Waals surface area contributed by atoms with E-state index in [0.717, 1.165) is 16.5 Å². The Morgan fingerprint density at radius 1 is 1.04 bits per heavy atom. The third-order valence-corrected chi connectivity index (χ3v) is 3.88. The van der Waals surface area contributed by atoms with Gasteiger partial charge in [-0.2, -0.15) is 0 Å². The van der Waals surface area contributed by atoms with E-state index in [9.17, 15) is 4.79 Å². The topological polar surface area (TPSA) is 44.8 Å². The molecule has 0 saturated carbocycles. The second-order valence-corrected chi connectivity index (χ2v) is 5.94. The number of methoxy groups -OCH3 is 1. The summed E-state index contributed by atoms with van der Waals surface area (Å²) in [6.07, 6.45) is 1.47. The minimum atomic E-state index is 0.474. The fourth-order valence-corrected chi connectivity index (χ4v) is 2.69. The predicted molar refractivity (Wildman–Crippen MR) is 93.1 cm³/mol. The minimum Gasteiger partial charge on any atom is -0.493 e. The van der Waals surface area contributed by atoms with Gasteiger partial charge in [-0.25, -0.2) is 0 Å². The first-order chi connectivity index (χ1) is 11.1. The van der Waals surface area contributed by atoms with Crippen LogP contribution in [0.2, 0.25) is 5.02 Å². The van der Waals surface area contributed by atoms with Crippen molar-refractivity contribution in [2.75, 3.05) is 20.3 Å². The van der Waals surface area contributed by atoms with Crippen molar-refractivity contribution in [1.29, 1.82) is 0 Å². The molecule has 0 N–H and O–H groups in total. The molecule has 0 saturated heterocycles. The Bertz CT molecular complexity index is 676. The molecule has 0 unspecified atom stereocenters. The molecule has 0 aromatic heterocycles. The van der Waals surface area contributed by atoms with Crippen LogP contribution < -0.4 is 14.2 Å². The van der Waals surface area contributed by atoms with Gasteiger partial charge in [0.1, 0.15) is 12.0 Å². The highest BCUT2D eigenvalue weighted by Gasteiger charge is 2.06. The van der Waals surface area contributed by atoms with Crippen LogP contribution in [-0.4, -0.2) is 26.6 Å². The highest BCUT2D eigenvalue weighted by atomic mass is 79.9. The largest absolute Gasteiger partial charge is 0.493 e. The van der Waals surface area contributed by atoms with Crippen LogP contribution in [0.25, 0.3) is 0 Å². The van der Waals surface area contributed by atoms with Gasteiger partial charge >= 0.3 is 0 Å². The third-order valence-electron chi connectivity index (χ3n) is 3.02. The number of rotatable bonds is 8. The quantitative estimate of drug-likeness (QED) is 0.474. The van der Waals surface area contributed by atoms with E-state index in [4.69, 9.17) is 25.8 Å². The predicted octanol–water partition coefficient (Wildman–Crippen LogP) is 4.77. The number of ether oxygens (including phenoxy) is 3. The Morgan fingerprint density at radius 3 is 2.39 bits per heavy atom. The van der Waals surface area contributed by atoms with Crippen molar-refractivity contribution in [2.24, 2.45) is 0 Å². The Balaban J connectivity index is 1.80. The van der Waals surface area contributed by atoms with Crippen molar-refractivity contribution in [3.8, 4) is 17.2 Å². The van der Waals surface area contributed by atoms with Gasteiger partial charge in [-0.05, 0) is 52.3 Å². The van der Waals surface area contributed by atoms with E-state index in [1.165, 1.54) is 7.11 Å². The van der Waals surface area contributed by atoms with Crippen LogP contribution in [0.3, 0.4) is 0 Å². The zero-order valence-electron chi connectivity index (χ0n) is 12.6. The number of hydrogen-bond donors (Lipinski definition) is 0. The minimum absolute atomic E-state index is 0.474. The summed E-state index contributed by atoms with van der Waals surface area (Å²) in [6.45, 7) is 0.983. The summed E-state index contributed by atoms with van der Waals surface area (Å²) < 4.78 is 17.3. The fraction of sp³-hybridized carbons (Fsp3) is 0.235. The molecule has 0 aliphatic carbocycles. The molecular formula is C17H16BrClO4. The number of carbonyl (C=O) groups excluding carboxylic acids is 1. The number of aldehydes is 1. The summed E-state index contributed by atoms with van der Waals surface area (Å²) in [5, 5.41) is 0.651. The normalized spacial score (nSPS) is 10.2. The van der Waals surface area contributed by atoms with Crippen LogP contribution in [0, 0.1) is 0 Å². The highest BCUT2D eigenvalue weighted by molar-refractivity contribution is 9.10. The van der Waals surface area contributed by atoms with Crippen molar-refractivity contribution in [3.05, 3.63) is 51.5 Å². The standard InChI is InChI=1S/C17H16BrClO4/c1-21-17-9-12(11-20)3-5-16(17)23-8-2-7-22-15-6-4-13(19)10-14(15)18/h3-6,9-11H,2,7-8H2,1H3. The number of benzene rings is 2. The van der Waals surface area contributed by atoms with Gasteiger partial charge in [0, 0.05) is 17.0 Å². The average molecular weight is 400 g/mol. The van der Waals surface area contributed by atoms with Crippen LogP contribution in [0.4, 0.5) is 0 Å². The molecule has 0 spiro atoms. The van der Waals surface area contributed by atoms with Gasteiger partial charge in [-0.15, -0.1) is 0 Å². The molecule has 6 heteroatoms. The molecule has 0 amide bonds. The summed E-state index contributed by atoms with van der Waals surface area (Å²) in [7, 11) is 1.54. The van der Waals surface area contributed by atoms with Crippen molar-refractivity contribution >= 4 is 33.8 Å². The first-order valence-corrected chi connectivity index (χ1v) is 8.15. The monoisotopic (exact) mass is 398 g/mol. The van der Waals surface area contributed by atoms with Crippen molar-refractivity contribution in [3.63, 3.8) is 0 Å². The molecule has 0 aliphatic heterocycles. The fourth-order valence-electron chi connectivity index (χ4n) is 1.89. The lowest BCUT2D eigenvalue weighted by Gasteiger charge is -2.12. The Labute approximate surface area is 148 Å². The second-order valence-electron chi connectivity index (χ2n) is 4.65. The van der Waals surface area contributed by atoms with E-state index >= 15 is 0 Å². The van der Waals surface area contributed by atoms with E-state index in [1.807, 2.05) is 6.07 Å². The zero-order chi connectivity index (χ0) is 16.7. The molecule has 2 aromatic carbocycles. The van der Waals surface area contributed by atoms with Crippen LogP contribution in [0.5, 0.6) is 17.2 Å². The molecule has 0 aliphatic rings. The first kappa shape index (κ1) is 17.6.